The van der Waals surface area contributed by atoms with Crippen LogP contribution in [0.5, 0.6) is 5.75 Å². The molecule has 0 atom stereocenters. The number of halogens is 4. The summed E-state index contributed by atoms with van der Waals surface area (Å²) in [5, 5.41) is 0. The van der Waals surface area contributed by atoms with Crippen LogP contribution in [0.1, 0.15) is 6.42 Å². The number of aromatic nitrogens is 2. The van der Waals surface area contributed by atoms with Crippen molar-refractivity contribution in [1.29, 1.82) is 0 Å². The lowest BCUT2D eigenvalue weighted by molar-refractivity contribution is -0.153. The molecular weight excluding hydrogens is 562 g/mol. The third-order valence-corrected chi connectivity index (χ3v) is 8.51. The maximum atomic E-state index is 13.7. The summed E-state index contributed by atoms with van der Waals surface area (Å²) < 4.78 is 65.0. The van der Waals surface area contributed by atoms with Crippen LogP contribution in [0.25, 0.3) is 0 Å². The molecule has 2 aromatic rings. The minimum absolute atomic E-state index is 0.0739. The van der Waals surface area contributed by atoms with Crippen molar-refractivity contribution in [2.45, 2.75) is 51.6 Å². The summed E-state index contributed by atoms with van der Waals surface area (Å²) in [7, 11) is 2.23. The highest BCUT2D eigenvalue weighted by molar-refractivity contribution is 6.76. The van der Waals surface area contributed by atoms with Crippen molar-refractivity contribution in [1.82, 2.24) is 14.0 Å². The van der Waals surface area contributed by atoms with E-state index in [9.17, 15) is 27.2 Å². The molecule has 0 amide bonds. The molecule has 0 N–H and O–H groups in total. The van der Waals surface area contributed by atoms with Gasteiger partial charge in [0.2, 0.25) is 0 Å². The van der Waals surface area contributed by atoms with E-state index >= 15 is 0 Å². The first kappa shape index (κ1) is 32.7. The van der Waals surface area contributed by atoms with Gasteiger partial charge in [0.15, 0.2) is 6.61 Å². The van der Waals surface area contributed by atoms with E-state index in [0.29, 0.717) is 57.1 Å². The number of ether oxygens (including phenoxy) is 2. The Morgan fingerprint density at radius 1 is 1.02 bits per heavy atom. The third kappa shape index (κ3) is 9.89. The van der Waals surface area contributed by atoms with Gasteiger partial charge < -0.3 is 19.3 Å². The molecule has 1 aromatic carbocycles. The number of benzene rings is 1. The zero-order chi connectivity index (χ0) is 30.4. The van der Waals surface area contributed by atoms with Crippen molar-refractivity contribution >= 4 is 19.4 Å². The Morgan fingerprint density at radius 3 is 2.32 bits per heavy atom. The smallest absolute Gasteiger partial charge is 0.422 e. The number of rotatable bonds is 13. The second-order valence-electron chi connectivity index (χ2n) is 11.7. The van der Waals surface area contributed by atoms with Crippen LogP contribution in [-0.2, 0) is 18.0 Å². The van der Waals surface area contributed by atoms with Crippen LogP contribution in [0.15, 0.2) is 34.0 Å². The van der Waals surface area contributed by atoms with Crippen molar-refractivity contribution in [2.24, 2.45) is 0 Å². The topological polar surface area (TPSA) is 72.2 Å². The number of anilines is 2. The molecule has 9 nitrogen and oxygen atoms in total. The van der Waals surface area contributed by atoms with Crippen LogP contribution in [-0.4, -0.2) is 88.3 Å². The van der Waals surface area contributed by atoms with Gasteiger partial charge in [-0.25, -0.2) is 9.18 Å². The molecule has 2 heterocycles. The van der Waals surface area contributed by atoms with Crippen molar-refractivity contribution < 1.29 is 27.0 Å². The second-order valence-corrected chi connectivity index (χ2v) is 17.3. The van der Waals surface area contributed by atoms with E-state index in [0.717, 1.165) is 12.1 Å². The fraction of sp³-hybridized carbons (Fsp3) is 0.630. The highest BCUT2D eigenvalue weighted by Crippen LogP contribution is 2.31. The molecule has 230 valence electrons. The summed E-state index contributed by atoms with van der Waals surface area (Å²) in [5.41, 5.74) is 0.0387. The fourth-order valence-electron chi connectivity index (χ4n) is 4.47. The SMILES string of the molecule is CN(C)c1cn(COCC[Si](C)(C)C)c(=O)n(CCCN2CCN(c3ccc(F)cc3OCC(F)(F)F)CC2)c1=O. The quantitative estimate of drug-likeness (QED) is 0.197. The van der Waals surface area contributed by atoms with Crippen LogP contribution in [0.3, 0.4) is 0 Å². The first-order valence-electron chi connectivity index (χ1n) is 13.7. The number of nitrogens with zero attached hydrogens (tertiary/aromatic N) is 5. The molecule has 3 rings (SSSR count). The lowest BCUT2D eigenvalue weighted by Gasteiger charge is -2.36. The van der Waals surface area contributed by atoms with Gasteiger partial charge in [-0.1, -0.05) is 19.6 Å². The molecule has 1 fully saturated rings. The maximum absolute atomic E-state index is 13.7. The third-order valence-electron chi connectivity index (χ3n) is 6.81. The average Bonchev–Trinajstić information content (AvgIpc) is 2.87. The van der Waals surface area contributed by atoms with Gasteiger partial charge >= 0.3 is 11.9 Å². The number of piperazine rings is 1. The zero-order valence-electron chi connectivity index (χ0n) is 24.5. The van der Waals surface area contributed by atoms with E-state index in [-0.39, 0.29) is 24.6 Å². The van der Waals surface area contributed by atoms with Gasteiger partial charge in [-0.05, 0) is 31.1 Å². The second kappa shape index (κ2) is 13.9. The van der Waals surface area contributed by atoms with Gasteiger partial charge in [-0.2, -0.15) is 13.2 Å². The van der Waals surface area contributed by atoms with Gasteiger partial charge in [0.1, 0.15) is 24.0 Å². The Labute approximate surface area is 238 Å². The molecule has 0 radical (unpaired) electrons. The van der Waals surface area contributed by atoms with Crippen molar-refractivity contribution in [2.75, 3.05) is 69.8 Å². The van der Waals surface area contributed by atoms with Crippen LogP contribution >= 0.6 is 0 Å². The molecule has 0 unspecified atom stereocenters. The number of hydrogen-bond acceptors (Lipinski definition) is 7. The van der Waals surface area contributed by atoms with Gasteiger partial charge in [0, 0.05) is 73.8 Å². The summed E-state index contributed by atoms with van der Waals surface area (Å²) in [5.74, 6) is -0.813. The monoisotopic (exact) mass is 603 g/mol. The lowest BCUT2D eigenvalue weighted by Crippen LogP contribution is -2.47. The van der Waals surface area contributed by atoms with E-state index in [1.165, 1.54) is 27.5 Å². The molecule has 14 heteroatoms. The van der Waals surface area contributed by atoms with Crippen LogP contribution in [0.2, 0.25) is 25.7 Å². The molecule has 41 heavy (non-hydrogen) atoms. The van der Waals surface area contributed by atoms with Crippen LogP contribution in [0, 0.1) is 5.82 Å². The lowest BCUT2D eigenvalue weighted by atomic mass is 10.2. The molecule has 1 aliphatic rings. The van der Waals surface area contributed by atoms with Gasteiger partial charge in [-0.3, -0.25) is 18.8 Å². The minimum Gasteiger partial charge on any atom is -0.482 e. The summed E-state index contributed by atoms with van der Waals surface area (Å²) in [6.45, 7) is 8.97. The molecule has 0 aliphatic carbocycles. The van der Waals surface area contributed by atoms with Gasteiger partial charge in [0.25, 0.3) is 5.56 Å². The fourth-order valence-corrected chi connectivity index (χ4v) is 5.22. The van der Waals surface area contributed by atoms with E-state index in [4.69, 9.17) is 9.47 Å². The van der Waals surface area contributed by atoms with Crippen molar-refractivity contribution in [3.8, 4) is 5.75 Å². The predicted octanol–water partition coefficient (Wildman–Crippen LogP) is 3.68. The van der Waals surface area contributed by atoms with E-state index in [1.807, 2.05) is 4.90 Å². The Kier molecular flexibility index (Phi) is 11.1. The van der Waals surface area contributed by atoms with Gasteiger partial charge in [-0.15, -0.1) is 0 Å². The highest BCUT2D eigenvalue weighted by atomic mass is 28.3. The summed E-state index contributed by atoms with van der Waals surface area (Å²) in [6, 6.07) is 4.57. The Hall–Kier alpha value is -2.84. The van der Waals surface area contributed by atoms with Crippen molar-refractivity contribution in [3.63, 3.8) is 0 Å². The Balaban J connectivity index is 1.59. The predicted molar refractivity (Wildman–Crippen MR) is 155 cm³/mol. The first-order chi connectivity index (χ1) is 19.1. The van der Waals surface area contributed by atoms with E-state index in [1.54, 1.807) is 19.0 Å². The number of hydrogen-bond donors (Lipinski definition) is 0. The normalized spacial score (nSPS) is 14.9. The first-order valence-corrected chi connectivity index (χ1v) is 17.4. The summed E-state index contributed by atoms with van der Waals surface area (Å²) >= 11 is 0. The summed E-state index contributed by atoms with van der Waals surface area (Å²) in [4.78, 5) is 31.9. The zero-order valence-corrected chi connectivity index (χ0v) is 25.5. The molecule has 1 aromatic heterocycles. The molecule has 0 saturated carbocycles. The Bertz CT molecular complexity index is 1270. The molecule has 0 spiro atoms. The average molecular weight is 604 g/mol. The molecular formula is C27H41F4N5O4Si. The van der Waals surface area contributed by atoms with Crippen LogP contribution in [0.4, 0.5) is 28.9 Å². The van der Waals surface area contributed by atoms with Crippen LogP contribution < -0.4 is 25.8 Å². The highest BCUT2D eigenvalue weighted by Gasteiger charge is 2.30. The Morgan fingerprint density at radius 2 is 1.71 bits per heavy atom. The van der Waals surface area contributed by atoms with Crippen molar-refractivity contribution in [3.05, 3.63) is 51.1 Å². The largest absolute Gasteiger partial charge is 0.482 e. The molecule has 1 aliphatic heterocycles. The molecule has 1 saturated heterocycles. The van der Waals surface area contributed by atoms with E-state index in [2.05, 4.69) is 24.5 Å². The van der Waals surface area contributed by atoms with Gasteiger partial charge in [0.05, 0.1) is 5.69 Å². The minimum atomic E-state index is -4.53. The summed E-state index contributed by atoms with van der Waals surface area (Å²) in [6.07, 6.45) is -2.43. The standard InChI is InChI=1S/C27H41F4N5O4Si/c1-32(2)23-18-35(20-39-15-16-41(3,4)5)26(38)36(25(23)37)10-6-9-33-11-13-34(14-12-33)22-8-7-21(28)17-24(22)40-19-27(29,30)31/h7-8,17-18H,6,9-16,19-20H2,1-5H3. The van der Waals surface area contributed by atoms with E-state index < -0.39 is 32.4 Å². The molecule has 0 bridgehead atoms. The maximum Gasteiger partial charge on any atom is 0.422 e. The number of alkyl halides is 3.